The molecule has 0 N–H and O–H groups in total. The maximum atomic E-state index is 6.07. The molecule has 1 aliphatic carbocycles. The molecule has 3 rings (SSSR count). The molecule has 3 fully saturated rings. The fourth-order valence-electron chi connectivity index (χ4n) is 3.69. The van der Waals surface area contributed by atoms with Crippen molar-refractivity contribution in [3.05, 3.63) is 0 Å². The third-order valence-corrected chi connectivity index (χ3v) is 7.98. The highest BCUT2D eigenvalue weighted by Gasteiger charge is 2.52. The van der Waals surface area contributed by atoms with Gasteiger partial charge >= 0.3 is 0 Å². The molecule has 0 spiro atoms. The number of hydrogen-bond acceptors (Lipinski definition) is 2. The Morgan fingerprint density at radius 3 is 2.44 bits per heavy atom. The largest absolute Gasteiger partial charge is 0.344 e. The van der Waals surface area contributed by atoms with Gasteiger partial charge < -0.3 is 9.47 Å². The van der Waals surface area contributed by atoms with Gasteiger partial charge in [0.05, 0.1) is 12.2 Å². The first-order chi connectivity index (χ1) is 7.57. The Kier molecular flexibility index (Phi) is 2.81. The summed E-state index contributed by atoms with van der Waals surface area (Å²) >= 11 is 0. The van der Waals surface area contributed by atoms with E-state index in [0.717, 1.165) is 11.3 Å². The van der Waals surface area contributed by atoms with Crippen molar-refractivity contribution in [1.82, 2.24) is 0 Å². The zero-order valence-corrected chi connectivity index (χ0v) is 11.5. The van der Waals surface area contributed by atoms with Gasteiger partial charge in [0.25, 0.3) is 0 Å². The topological polar surface area (TPSA) is 18.5 Å². The zero-order chi connectivity index (χ0) is 11.3. The molecule has 3 heteroatoms. The fourth-order valence-corrected chi connectivity index (χ4v) is 7.35. The van der Waals surface area contributed by atoms with Crippen LogP contribution in [0.4, 0.5) is 0 Å². The Bertz CT molecular complexity index is 273. The minimum absolute atomic E-state index is 0.168. The lowest BCUT2D eigenvalue weighted by Crippen LogP contribution is -2.27. The molecule has 0 bridgehead atoms. The van der Waals surface area contributed by atoms with Crippen molar-refractivity contribution in [2.24, 2.45) is 0 Å². The van der Waals surface area contributed by atoms with Gasteiger partial charge in [-0.3, -0.25) is 0 Å². The van der Waals surface area contributed by atoms with Crippen LogP contribution in [-0.4, -0.2) is 35.5 Å². The third kappa shape index (κ3) is 1.83. The highest BCUT2D eigenvalue weighted by Crippen LogP contribution is 2.61. The van der Waals surface area contributed by atoms with Crippen LogP contribution in [0.15, 0.2) is 0 Å². The molecule has 0 aromatic rings. The molecule has 0 aromatic carbocycles. The molecule has 3 aliphatic rings. The van der Waals surface area contributed by atoms with Crippen molar-refractivity contribution in [3.8, 4) is 0 Å². The predicted molar refractivity (Wildman–Crippen MR) is 67.3 cm³/mol. The molecule has 2 nitrogen and oxygen atoms in total. The van der Waals surface area contributed by atoms with Crippen molar-refractivity contribution in [2.45, 2.75) is 75.8 Å². The van der Waals surface area contributed by atoms with Crippen LogP contribution < -0.4 is 0 Å². The molecule has 2 aliphatic heterocycles. The maximum Gasteiger partial charge on any atom is 0.163 e. The summed E-state index contributed by atoms with van der Waals surface area (Å²) in [5.41, 5.74) is 1.77. The van der Waals surface area contributed by atoms with Gasteiger partial charge in [-0.1, -0.05) is 27.7 Å². The molecule has 0 aromatic heterocycles. The summed E-state index contributed by atoms with van der Waals surface area (Å²) in [6, 6.07) is 0. The molecule has 92 valence electrons. The molecule has 1 unspecified atom stereocenters. The van der Waals surface area contributed by atoms with E-state index in [4.69, 9.17) is 9.47 Å². The van der Waals surface area contributed by atoms with E-state index in [-0.39, 0.29) is 13.7 Å². The normalized spacial score (nSPS) is 47.4. The highest BCUT2D eigenvalue weighted by atomic mass is 31.1. The third-order valence-electron chi connectivity index (χ3n) is 4.40. The summed E-state index contributed by atoms with van der Waals surface area (Å²) in [5, 5.41) is 0. The second-order valence-corrected chi connectivity index (χ2v) is 8.95. The van der Waals surface area contributed by atoms with Crippen LogP contribution in [0.25, 0.3) is 0 Å². The Balaban J connectivity index is 1.70. The minimum Gasteiger partial charge on any atom is -0.344 e. The van der Waals surface area contributed by atoms with Crippen molar-refractivity contribution < 1.29 is 9.47 Å². The van der Waals surface area contributed by atoms with Crippen molar-refractivity contribution in [1.29, 1.82) is 0 Å². The molecule has 4 atom stereocenters. The van der Waals surface area contributed by atoms with Crippen molar-refractivity contribution in [3.63, 3.8) is 0 Å². The van der Waals surface area contributed by atoms with Crippen LogP contribution in [-0.2, 0) is 9.47 Å². The average molecular weight is 242 g/mol. The van der Waals surface area contributed by atoms with E-state index in [2.05, 4.69) is 20.8 Å². The SMILES string of the molecule is C[C@H]1[C@H]2OC(C)(C)O[C@@H]2CP1C1CCCC1. The number of hydrogen-bond donors (Lipinski definition) is 0. The Morgan fingerprint density at radius 2 is 1.81 bits per heavy atom. The summed E-state index contributed by atoms with van der Waals surface area (Å²) in [6.45, 7) is 6.51. The standard InChI is InChI=1S/C13H23O2P/c1-9-12-11(14-13(2,3)15-12)8-16(9)10-6-4-5-7-10/h9-12H,4-8H2,1-3H3/t9-,11+,12+,16?/m0/s1. The van der Waals surface area contributed by atoms with Gasteiger partial charge in [-0.25, -0.2) is 0 Å². The number of ether oxygens (including phenoxy) is 2. The van der Waals surface area contributed by atoms with Gasteiger partial charge in [0.1, 0.15) is 0 Å². The van der Waals surface area contributed by atoms with Gasteiger partial charge in [0.2, 0.25) is 0 Å². The summed E-state index contributed by atoms with van der Waals surface area (Å²) in [6.07, 6.45) is 7.95. The second kappa shape index (κ2) is 3.93. The Hall–Kier alpha value is 0.350. The lowest BCUT2D eigenvalue weighted by molar-refractivity contribution is -0.145. The van der Waals surface area contributed by atoms with Gasteiger partial charge in [-0.05, 0) is 38.5 Å². The molecule has 2 saturated heterocycles. The van der Waals surface area contributed by atoms with Crippen molar-refractivity contribution >= 4 is 7.92 Å². The molecule has 2 heterocycles. The lowest BCUT2D eigenvalue weighted by atomic mass is 10.2. The molecule has 0 radical (unpaired) electrons. The molecular formula is C13H23O2P. The number of fused-ring (bicyclic) bond motifs is 1. The van der Waals surface area contributed by atoms with E-state index in [1.165, 1.54) is 31.8 Å². The Labute approximate surface area is 99.8 Å². The van der Waals surface area contributed by atoms with E-state index in [9.17, 15) is 0 Å². The van der Waals surface area contributed by atoms with Crippen LogP contribution in [0.3, 0.4) is 0 Å². The van der Waals surface area contributed by atoms with Gasteiger partial charge in [0, 0.05) is 5.66 Å². The van der Waals surface area contributed by atoms with Gasteiger partial charge in [0.15, 0.2) is 5.79 Å². The summed E-state index contributed by atoms with van der Waals surface area (Å²) in [4.78, 5) is 0. The average Bonchev–Trinajstić information content (AvgIpc) is 2.84. The van der Waals surface area contributed by atoms with E-state index < -0.39 is 0 Å². The summed E-state index contributed by atoms with van der Waals surface area (Å²) < 4.78 is 12.1. The second-order valence-electron chi connectivity index (χ2n) is 6.01. The van der Waals surface area contributed by atoms with E-state index in [1.807, 2.05) is 0 Å². The van der Waals surface area contributed by atoms with Crippen LogP contribution in [0.1, 0.15) is 46.5 Å². The van der Waals surface area contributed by atoms with E-state index >= 15 is 0 Å². The quantitative estimate of drug-likeness (QED) is 0.657. The van der Waals surface area contributed by atoms with Crippen LogP contribution in [0.2, 0.25) is 0 Å². The van der Waals surface area contributed by atoms with E-state index in [0.29, 0.717) is 12.2 Å². The van der Waals surface area contributed by atoms with Gasteiger partial charge in [-0.2, -0.15) is 0 Å². The Morgan fingerprint density at radius 1 is 1.12 bits per heavy atom. The monoisotopic (exact) mass is 242 g/mol. The number of rotatable bonds is 1. The van der Waals surface area contributed by atoms with Crippen molar-refractivity contribution in [2.75, 3.05) is 6.16 Å². The van der Waals surface area contributed by atoms with E-state index in [1.54, 1.807) is 0 Å². The molecule has 1 saturated carbocycles. The lowest BCUT2D eigenvalue weighted by Gasteiger charge is -2.28. The molecule has 16 heavy (non-hydrogen) atoms. The van der Waals surface area contributed by atoms with Crippen LogP contribution in [0, 0.1) is 0 Å². The van der Waals surface area contributed by atoms with Crippen LogP contribution in [0.5, 0.6) is 0 Å². The van der Waals surface area contributed by atoms with Crippen LogP contribution >= 0.6 is 7.92 Å². The smallest absolute Gasteiger partial charge is 0.163 e. The van der Waals surface area contributed by atoms with Gasteiger partial charge in [-0.15, -0.1) is 0 Å². The first-order valence-corrected chi connectivity index (χ1v) is 8.35. The maximum absolute atomic E-state index is 6.07. The predicted octanol–water partition coefficient (Wildman–Crippen LogP) is 3.33. The fraction of sp³-hybridized carbons (Fsp3) is 1.00. The minimum atomic E-state index is -0.333. The summed E-state index contributed by atoms with van der Waals surface area (Å²) in [5.74, 6) is -0.333. The zero-order valence-electron chi connectivity index (χ0n) is 10.6. The first kappa shape index (κ1) is 11.4. The summed E-state index contributed by atoms with van der Waals surface area (Å²) in [7, 11) is 0.168. The molecular weight excluding hydrogens is 219 g/mol. The highest BCUT2D eigenvalue weighted by molar-refractivity contribution is 7.59. The molecule has 0 amide bonds. The first-order valence-electron chi connectivity index (χ1n) is 6.68.